The number of aromatic nitrogens is 1. The number of β-lactam (4-membered cyclic amide) rings is 1. The van der Waals surface area contributed by atoms with Crippen molar-refractivity contribution >= 4 is 17.2 Å². The molecule has 0 radical (unpaired) electrons. The molecule has 0 unspecified atom stereocenters. The maximum atomic E-state index is 12.6. The van der Waals surface area contributed by atoms with Gasteiger partial charge in [-0.25, -0.2) is 4.98 Å². The van der Waals surface area contributed by atoms with Crippen molar-refractivity contribution in [1.82, 2.24) is 14.8 Å². The summed E-state index contributed by atoms with van der Waals surface area (Å²) in [5, 5.41) is 3.19. The fourth-order valence-corrected chi connectivity index (χ4v) is 4.85. The van der Waals surface area contributed by atoms with E-state index in [1.54, 1.807) is 11.3 Å². The Hall–Kier alpha value is -1.72. The summed E-state index contributed by atoms with van der Waals surface area (Å²) < 4.78 is 0. The zero-order valence-electron chi connectivity index (χ0n) is 13.3. The molecule has 4 nitrogen and oxygen atoms in total. The first kappa shape index (κ1) is 14.8. The summed E-state index contributed by atoms with van der Waals surface area (Å²) in [6.07, 6.45) is 3.75. The molecule has 2 saturated heterocycles. The van der Waals surface area contributed by atoms with Crippen molar-refractivity contribution in [2.75, 3.05) is 20.1 Å². The SMILES string of the molecule is CN1C(=O)C2(CCN(Cc3nccs3)CC2)[C@H]1c1ccccc1. The van der Waals surface area contributed by atoms with Gasteiger partial charge in [0.1, 0.15) is 5.01 Å². The van der Waals surface area contributed by atoms with Crippen LogP contribution in [-0.4, -0.2) is 40.8 Å². The highest BCUT2D eigenvalue weighted by molar-refractivity contribution is 7.09. The molecule has 5 heteroatoms. The number of rotatable bonds is 3. The molecule has 0 N–H and O–H groups in total. The number of carbonyl (C=O) groups is 1. The molecule has 2 aromatic rings. The van der Waals surface area contributed by atoms with Gasteiger partial charge in [-0.05, 0) is 31.5 Å². The van der Waals surface area contributed by atoms with E-state index in [4.69, 9.17) is 0 Å². The molecule has 4 rings (SSSR count). The van der Waals surface area contributed by atoms with Gasteiger partial charge in [-0.1, -0.05) is 30.3 Å². The Labute approximate surface area is 140 Å². The van der Waals surface area contributed by atoms with E-state index in [0.29, 0.717) is 5.91 Å². The zero-order valence-corrected chi connectivity index (χ0v) is 14.1. The van der Waals surface area contributed by atoms with Gasteiger partial charge in [-0.15, -0.1) is 11.3 Å². The predicted molar refractivity (Wildman–Crippen MR) is 91.0 cm³/mol. The van der Waals surface area contributed by atoms with Gasteiger partial charge in [0.05, 0.1) is 18.0 Å². The standard InChI is InChI=1S/C18H21N3OS/c1-20-16(14-5-3-2-4-6-14)18(17(20)22)7-10-21(11-8-18)13-15-19-9-12-23-15/h2-6,9,12,16H,7-8,10-11,13H2,1H3/t16-/m1/s1. The van der Waals surface area contributed by atoms with Gasteiger partial charge in [-0.3, -0.25) is 9.69 Å². The third-order valence-corrected chi connectivity index (χ3v) is 6.13. The molecule has 120 valence electrons. The highest BCUT2D eigenvalue weighted by Gasteiger charge is 2.59. The maximum absolute atomic E-state index is 12.6. The lowest BCUT2D eigenvalue weighted by atomic mass is 9.62. The third kappa shape index (κ3) is 2.39. The summed E-state index contributed by atoms with van der Waals surface area (Å²) >= 11 is 1.71. The van der Waals surface area contributed by atoms with Gasteiger partial charge in [0.15, 0.2) is 0 Å². The topological polar surface area (TPSA) is 36.4 Å². The number of hydrogen-bond donors (Lipinski definition) is 0. The van der Waals surface area contributed by atoms with Crippen molar-refractivity contribution in [2.45, 2.75) is 25.4 Å². The van der Waals surface area contributed by atoms with Gasteiger partial charge in [-0.2, -0.15) is 0 Å². The van der Waals surface area contributed by atoms with Crippen LogP contribution in [0.15, 0.2) is 41.9 Å². The fourth-order valence-electron chi connectivity index (χ4n) is 4.19. The lowest BCUT2D eigenvalue weighted by Crippen LogP contribution is -2.64. The van der Waals surface area contributed by atoms with Crippen molar-refractivity contribution < 1.29 is 4.79 Å². The van der Waals surface area contributed by atoms with Gasteiger partial charge < -0.3 is 4.90 Å². The monoisotopic (exact) mass is 327 g/mol. The molecule has 0 saturated carbocycles. The highest BCUT2D eigenvalue weighted by atomic mass is 32.1. The molecular formula is C18H21N3OS. The zero-order chi connectivity index (χ0) is 15.9. The molecule has 1 amide bonds. The molecule has 1 spiro atoms. The largest absolute Gasteiger partial charge is 0.337 e. The maximum Gasteiger partial charge on any atom is 0.231 e. The normalized spacial score (nSPS) is 24.0. The summed E-state index contributed by atoms with van der Waals surface area (Å²) in [5.41, 5.74) is 1.08. The summed E-state index contributed by atoms with van der Waals surface area (Å²) in [4.78, 5) is 21.4. The average molecular weight is 327 g/mol. The second-order valence-electron chi connectivity index (χ2n) is 6.59. The van der Waals surface area contributed by atoms with Gasteiger partial charge >= 0.3 is 0 Å². The molecule has 3 heterocycles. The molecule has 2 aliphatic heterocycles. The van der Waals surface area contributed by atoms with Crippen molar-refractivity contribution in [3.8, 4) is 0 Å². The minimum Gasteiger partial charge on any atom is -0.337 e. The molecule has 0 aliphatic carbocycles. The summed E-state index contributed by atoms with van der Waals surface area (Å²) in [7, 11) is 1.94. The van der Waals surface area contributed by atoms with Crippen LogP contribution in [0.1, 0.15) is 29.5 Å². The first-order valence-electron chi connectivity index (χ1n) is 8.14. The number of amides is 1. The number of carbonyl (C=O) groups excluding carboxylic acids is 1. The Balaban J connectivity index is 1.49. The second kappa shape index (κ2) is 5.73. The summed E-state index contributed by atoms with van der Waals surface area (Å²) in [6.45, 7) is 2.86. The van der Waals surface area contributed by atoms with Crippen molar-refractivity contribution in [1.29, 1.82) is 0 Å². The van der Waals surface area contributed by atoms with Crippen LogP contribution < -0.4 is 0 Å². The third-order valence-electron chi connectivity index (χ3n) is 5.36. The minimum atomic E-state index is -0.185. The highest BCUT2D eigenvalue weighted by Crippen LogP contribution is 2.55. The van der Waals surface area contributed by atoms with E-state index < -0.39 is 0 Å². The summed E-state index contributed by atoms with van der Waals surface area (Å²) in [6, 6.07) is 10.7. The first-order valence-corrected chi connectivity index (χ1v) is 9.02. The Morgan fingerprint density at radius 2 is 2.00 bits per heavy atom. The van der Waals surface area contributed by atoms with Crippen LogP contribution >= 0.6 is 11.3 Å². The number of thiazole rings is 1. The van der Waals surface area contributed by atoms with Crippen LogP contribution in [0.25, 0.3) is 0 Å². The molecule has 1 atom stereocenters. The van der Waals surface area contributed by atoms with E-state index in [1.807, 2.05) is 29.6 Å². The quantitative estimate of drug-likeness (QED) is 0.813. The van der Waals surface area contributed by atoms with Crippen LogP contribution in [0.4, 0.5) is 0 Å². The van der Waals surface area contributed by atoms with E-state index in [2.05, 4.69) is 34.1 Å². The molecular weight excluding hydrogens is 306 g/mol. The van der Waals surface area contributed by atoms with Gasteiger partial charge in [0, 0.05) is 18.6 Å². The first-order chi connectivity index (χ1) is 11.2. The van der Waals surface area contributed by atoms with E-state index in [0.717, 1.165) is 37.5 Å². The number of benzene rings is 1. The minimum absolute atomic E-state index is 0.185. The number of nitrogens with zero attached hydrogens (tertiary/aromatic N) is 3. The molecule has 23 heavy (non-hydrogen) atoms. The Morgan fingerprint density at radius 3 is 2.65 bits per heavy atom. The van der Waals surface area contributed by atoms with E-state index >= 15 is 0 Å². The van der Waals surface area contributed by atoms with Crippen LogP contribution in [0.5, 0.6) is 0 Å². The average Bonchev–Trinajstić information content (AvgIpc) is 3.10. The van der Waals surface area contributed by atoms with Crippen molar-refractivity contribution in [2.24, 2.45) is 5.41 Å². The number of likely N-dealkylation sites (tertiary alicyclic amines) is 2. The molecule has 0 bridgehead atoms. The van der Waals surface area contributed by atoms with E-state index in [-0.39, 0.29) is 11.5 Å². The van der Waals surface area contributed by atoms with Crippen LogP contribution in [-0.2, 0) is 11.3 Å². The Bertz CT molecular complexity index is 678. The molecule has 2 aliphatic rings. The Morgan fingerprint density at radius 1 is 1.26 bits per heavy atom. The van der Waals surface area contributed by atoms with Gasteiger partial charge in [0.2, 0.25) is 5.91 Å². The summed E-state index contributed by atoms with van der Waals surface area (Å²) in [5.74, 6) is 0.320. The number of hydrogen-bond acceptors (Lipinski definition) is 4. The lowest BCUT2D eigenvalue weighted by molar-refractivity contribution is -0.176. The smallest absolute Gasteiger partial charge is 0.231 e. The van der Waals surface area contributed by atoms with E-state index in [1.165, 1.54) is 5.56 Å². The van der Waals surface area contributed by atoms with E-state index in [9.17, 15) is 4.79 Å². The van der Waals surface area contributed by atoms with Crippen molar-refractivity contribution in [3.05, 3.63) is 52.5 Å². The van der Waals surface area contributed by atoms with Crippen LogP contribution in [0.2, 0.25) is 0 Å². The molecule has 2 fully saturated rings. The Kier molecular flexibility index (Phi) is 3.70. The van der Waals surface area contributed by atoms with Crippen LogP contribution in [0, 0.1) is 5.41 Å². The fraction of sp³-hybridized carbons (Fsp3) is 0.444. The predicted octanol–water partition coefficient (Wildman–Crippen LogP) is 2.94. The van der Waals surface area contributed by atoms with Crippen LogP contribution in [0.3, 0.4) is 0 Å². The molecule has 1 aromatic heterocycles. The number of piperidine rings is 1. The lowest BCUT2D eigenvalue weighted by Gasteiger charge is -2.58. The molecule has 1 aromatic carbocycles. The van der Waals surface area contributed by atoms with Gasteiger partial charge in [0.25, 0.3) is 0 Å². The second-order valence-corrected chi connectivity index (χ2v) is 7.57. The van der Waals surface area contributed by atoms with Crippen molar-refractivity contribution in [3.63, 3.8) is 0 Å².